The molecular weight excluding hydrogens is 434 g/mol. The Labute approximate surface area is 189 Å². The number of hydrogen-bond donors (Lipinski definition) is 2. The number of carbonyl (C=O) groups is 3. The molecule has 7 nitrogen and oxygen atoms in total. The number of nitrogens with one attached hydrogen (secondary N) is 2. The van der Waals surface area contributed by atoms with Crippen LogP contribution in [0.5, 0.6) is 0 Å². The third kappa shape index (κ3) is 6.16. The molecule has 1 aliphatic heterocycles. The zero-order valence-corrected chi connectivity index (χ0v) is 18.4. The van der Waals surface area contributed by atoms with Crippen molar-refractivity contribution in [1.82, 2.24) is 10.3 Å². The van der Waals surface area contributed by atoms with Gasteiger partial charge < -0.3 is 4.74 Å². The Morgan fingerprint density at radius 3 is 2.52 bits per heavy atom. The van der Waals surface area contributed by atoms with Gasteiger partial charge in [0, 0.05) is 13.0 Å². The van der Waals surface area contributed by atoms with Gasteiger partial charge in [0.05, 0.1) is 23.3 Å². The number of anilines is 1. The molecule has 2 amide bonds. The van der Waals surface area contributed by atoms with Crippen LogP contribution >= 0.6 is 24.0 Å². The number of ether oxygens (including phenoxy) is 1. The van der Waals surface area contributed by atoms with E-state index in [4.69, 9.17) is 12.2 Å². The number of thiocarbonyl (C=S) groups is 1. The first kappa shape index (κ1) is 22.5. The molecule has 0 aliphatic carbocycles. The minimum absolute atomic E-state index is 0.171. The van der Waals surface area contributed by atoms with Crippen molar-refractivity contribution in [2.45, 2.75) is 12.8 Å². The number of nitrogens with zero attached hydrogens (tertiary/aromatic N) is 1. The van der Waals surface area contributed by atoms with E-state index in [-0.39, 0.29) is 18.2 Å². The molecule has 3 rings (SSSR count). The van der Waals surface area contributed by atoms with Crippen molar-refractivity contribution < 1.29 is 19.1 Å². The normalized spacial score (nSPS) is 14.6. The van der Waals surface area contributed by atoms with Crippen molar-refractivity contribution in [1.29, 1.82) is 0 Å². The van der Waals surface area contributed by atoms with Crippen LogP contribution in [0.25, 0.3) is 6.08 Å². The van der Waals surface area contributed by atoms with Crippen LogP contribution in [-0.4, -0.2) is 40.7 Å². The number of amides is 2. The van der Waals surface area contributed by atoms with Gasteiger partial charge in [-0.1, -0.05) is 54.3 Å². The molecule has 0 aromatic heterocycles. The number of thioether (sulfide) groups is 1. The SMILES string of the molecule is COC(=O)c1ccc(/C=C2\SC(=S)N(CCCC(=O)NNc3ccccc3)C2=O)cc1. The molecule has 0 unspecified atom stereocenters. The third-order valence-electron chi connectivity index (χ3n) is 4.41. The lowest BCUT2D eigenvalue weighted by Gasteiger charge is -2.14. The van der Waals surface area contributed by atoms with E-state index in [1.54, 1.807) is 30.3 Å². The lowest BCUT2D eigenvalue weighted by molar-refractivity contribution is -0.123. The number of hydrazine groups is 1. The molecule has 0 bridgehead atoms. The second-order valence-electron chi connectivity index (χ2n) is 6.59. The lowest BCUT2D eigenvalue weighted by atomic mass is 10.1. The predicted molar refractivity (Wildman–Crippen MR) is 125 cm³/mol. The molecule has 1 heterocycles. The Bertz CT molecular complexity index is 1010. The maximum Gasteiger partial charge on any atom is 0.337 e. The van der Waals surface area contributed by atoms with Crippen LogP contribution in [0.3, 0.4) is 0 Å². The quantitative estimate of drug-likeness (QED) is 0.272. The number of para-hydroxylation sites is 1. The topological polar surface area (TPSA) is 87.7 Å². The van der Waals surface area contributed by atoms with Crippen molar-refractivity contribution in [3.63, 3.8) is 0 Å². The van der Waals surface area contributed by atoms with Crippen LogP contribution in [0, 0.1) is 0 Å². The van der Waals surface area contributed by atoms with Crippen molar-refractivity contribution in [3.05, 3.63) is 70.6 Å². The molecule has 0 saturated carbocycles. The van der Waals surface area contributed by atoms with Gasteiger partial charge in [-0.25, -0.2) is 4.79 Å². The highest BCUT2D eigenvalue weighted by molar-refractivity contribution is 8.26. The van der Waals surface area contributed by atoms with Crippen molar-refractivity contribution in [2.24, 2.45) is 0 Å². The predicted octanol–water partition coefficient (Wildman–Crippen LogP) is 3.60. The molecule has 1 saturated heterocycles. The van der Waals surface area contributed by atoms with Crippen LogP contribution < -0.4 is 10.9 Å². The van der Waals surface area contributed by atoms with Gasteiger partial charge in [-0.3, -0.25) is 25.3 Å². The number of methoxy groups -OCH3 is 1. The maximum absolute atomic E-state index is 12.7. The van der Waals surface area contributed by atoms with Crippen molar-refractivity contribution in [2.75, 3.05) is 19.1 Å². The Hall–Kier alpha value is -3.17. The van der Waals surface area contributed by atoms with E-state index in [9.17, 15) is 14.4 Å². The summed E-state index contributed by atoms with van der Waals surface area (Å²) in [7, 11) is 1.32. The van der Waals surface area contributed by atoms with Gasteiger partial charge in [-0.2, -0.15) is 0 Å². The zero-order valence-electron chi connectivity index (χ0n) is 16.8. The van der Waals surface area contributed by atoms with E-state index in [1.165, 1.54) is 23.8 Å². The average Bonchev–Trinajstić information content (AvgIpc) is 3.05. The lowest BCUT2D eigenvalue weighted by Crippen LogP contribution is -2.32. The molecule has 2 aromatic rings. The fourth-order valence-electron chi connectivity index (χ4n) is 2.80. The Morgan fingerprint density at radius 2 is 1.84 bits per heavy atom. The number of benzene rings is 2. The van der Waals surface area contributed by atoms with Gasteiger partial charge in [-0.05, 0) is 42.3 Å². The second kappa shape index (κ2) is 10.7. The van der Waals surface area contributed by atoms with Gasteiger partial charge in [0.15, 0.2) is 0 Å². The highest BCUT2D eigenvalue weighted by Gasteiger charge is 2.31. The summed E-state index contributed by atoms with van der Waals surface area (Å²) in [6.45, 7) is 0.363. The number of rotatable bonds is 8. The van der Waals surface area contributed by atoms with Crippen molar-refractivity contribution in [3.8, 4) is 0 Å². The van der Waals surface area contributed by atoms with E-state index in [0.717, 1.165) is 11.3 Å². The van der Waals surface area contributed by atoms with Crippen LogP contribution in [0.1, 0.15) is 28.8 Å². The smallest absolute Gasteiger partial charge is 0.337 e. The van der Waals surface area contributed by atoms with E-state index in [0.29, 0.717) is 27.8 Å². The van der Waals surface area contributed by atoms with E-state index >= 15 is 0 Å². The minimum Gasteiger partial charge on any atom is -0.465 e. The molecule has 0 radical (unpaired) electrons. The third-order valence-corrected chi connectivity index (χ3v) is 5.79. The van der Waals surface area contributed by atoms with Crippen LogP contribution in [0.4, 0.5) is 5.69 Å². The van der Waals surface area contributed by atoms with Gasteiger partial charge in [0.25, 0.3) is 5.91 Å². The van der Waals surface area contributed by atoms with Crippen molar-refractivity contribution >= 4 is 57.8 Å². The summed E-state index contributed by atoms with van der Waals surface area (Å²) in [5.41, 5.74) is 7.48. The van der Waals surface area contributed by atoms with E-state index < -0.39 is 5.97 Å². The summed E-state index contributed by atoms with van der Waals surface area (Å²) >= 11 is 6.55. The van der Waals surface area contributed by atoms with E-state index in [2.05, 4.69) is 15.6 Å². The highest BCUT2D eigenvalue weighted by Crippen LogP contribution is 2.32. The number of carbonyl (C=O) groups excluding carboxylic acids is 3. The van der Waals surface area contributed by atoms with Crippen LogP contribution in [-0.2, 0) is 14.3 Å². The Kier molecular flexibility index (Phi) is 7.80. The fraction of sp³-hybridized carbons (Fsp3) is 0.182. The molecule has 31 heavy (non-hydrogen) atoms. The molecule has 2 N–H and O–H groups in total. The molecule has 1 aliphatic rings. The van der Waals surface area contributed by atoms with Gasteiger partial charge in [0.1, 0.15) is 4.32 Å². The summed E-state index contributed by atoms with van der Waals surface area (Å²) < 4.78 is 5.14. The second-order valence-corrected chi connectivity index (χ2v) is 8.27. The molecule has 2 aromatic carbocycles. The van der Waals surface area contributed by atoms with Gasteiger partial charge in [-0.15, -0.1) is 0 Å². The number of hydrogen-bond acceptors (Lipinski definition) is 7. The monoisotopic (exact) mass is 455 g/mol. The molecule has 9 heteroatoms. The molecule has 0 spiro atoms. The zero-order chi connectivity index (χ0) is 22.2. The molecule has 1 fully saturated rings. The molecule has 0 atom stereocenters. The molecule has 160 valence electrons. The average molecular weight is 456 g/mol. The van der Waals surface area contributed by atoms with Crippen LogP contribution in [0.15, 0.2) is 59.5 Å². The van der Waals surface area contributed by atoms with Gasteiger partial charge in [0.2, 0.25) is 5.91 Å². The summed E-state index contributed by atoms with van der Waals surface area (Å²) in [4.78, 5) is 38.2. The Balaban J connectivity index is 1.50. The van der Waals surface area contributed by atoms with Crippen LogP contribution in [0.2, 0.25) is 0 Å². The minimum atomic E-state index is -0.416. The highest BCUT2D eigenvalue weighted by atomic mass is 32.2. The summed E-state index contributed by atoms with van der Waals surface area (Å²) in [6, 6.07) is 16.1. The van der Waals surface area contributed by atoms with E-state index in [1.807, 2.05) is 30.3 Å². The first-order valence-corrected chi connectivity index (χ1v) is 10.7. The maximum atomic E-state index is 12.7. The number of esters is 1. The summed E-state index contributed by atoms with van der Waals surface area (Å²) in [6.07, 6.45) is 2.47. The Morgan fingerprint density at radius 1 is 1.13 bits per heavy atom. The first-order valence-electron chi connectivity index (χ1n) is 9.51. The first-order chi connectivity index (χ1) is 15.0. The molecular formula is C22H21N3O4S2. The van der Waals surface area contributed by atoms with Gasteiger partial charge >= 0.3 is 5.97 Å². The summed E-state index contributed by atoms with van der Waals surface area (Å²) in [5, 5.41) is 0. The standard InChI is InChI=1S/C22H21N3O4S2/c1-29-21(28)16-11-9-15(10-12-16)14-18-20(27)25(22(30)31-18)13-5-8-19(26)24-23-17-6-3-2-4-7-17/h2-4,6-7,9-12,14,23H,5,8,13H2,1H3,(H,24,26)/b18-14-. The largest absolute Gasteiger partial charge is 0.465 e. The summed E-state index contributed by atoms with van der Waals surface area (Å²) in [5.74, 6) is -0.772. The fourth-order valence-corrected chi connectivity index (χ4v) is 4.11.